The van der Waals surface area contributed by atoms with E-state index in [0.29, 0.717) is 31.4 Å². The molecule has 4 aromatic rings. The number of H-pyrrole nitrogens is 2. The summed E-state index contributed by atoms with van der Waals surface area (Å²) in [7, 11) is 2.99. The Kier molecular flexibility index (Phi) is 16.6. The monoisotopic (exact) mass is 797 g/mol. The largest absolute Gasteiger partial charge is 0.453 e. The summed E-state index contributed by atoms with van der Waals surface area (Å²) < 4.78 is 10.7. The summed E-state index contributed by atoms with van der Waals surface area (Å²) in [5.74, 6) is 1.77. The third kappa shape index (κ3) is 10.2. The van der Waals surface area contributed by atoms with Gasteiger partial charge in [0.25, 0.3) is 0 Å². The average Bonchev–Trinajstić information content (AvgIpc) is 3.92. The number of carbonyl (C=O) groups is 3. The number of hydrogen-bond acceptors (Lipinski definition) is 7. The molecule has 12 nitrogen and oxygen atoms in total. The van der Waals surface area contributed by atoms with Crippen molar-refractivity contribution in [2.45, 2.75) is 78.1 Å². The van der Waals surface area contributed by atoms with Crippen LogP contribution in [-0.2, 0) is 32.2 Å². The van der Waals surface area contributed by atoms with Crippen molar-refractivity contribution < 1.29 is 23.9 Å². The number of nitrogens with one attached hydrogen (secondary N) is 3. The molecule has 3 N–H and O–H groups in total. The molecule has 3 atom stereocenters. The molecular weight excluding hydrogens is 743 g/mol. The second-order valence-electron chi connectivity index (χ2n) is 14.0. The molecule has 0 unspecified atom stereocenters. The molecule has 54 heavy (non-hydrogen) atoms. The highest BCUT2D eigenvalue weighted by Gasteiger charge is 2.35. The number of hydrogen-bond donors (Lipinski definition) is 3. The number of imidazole rings is 2. The van der Waals surface area contributed by atoms with Gasteiger partial charge in [-0.1, -0.05) is 69.3 Å². The van der Waals surface area contributed by atoms with E-state index in [-0.39, 0.29) is 70.8 Å². The van der Waals surface area contributed by atoms with Crippen molar-refractivity contribution in [3.8, 4) is 33.6 Å². The zero-order valence-corrected chi connectivity index (χ0v) is 34.7. The summed E-state index contributed by atoms with van der Waals surface area (Å²) >= 11 is 0. The number of likely N-dealkylation sites (N-methyl/N-ethyl adjacent to an activating group) is 1. The molecule has 6 rings (SSSR count). The quantitative estimate of drug-likeness (QED) is 0.186. The van der Waals surface area contributed by atoms with Crippen molar-refractivity contribution >= 4 is 58.4 Å². The Hall–Kier alpha value is -3.92. The Labute approximate surface area is 338 Å². The highest BCUT2D eigenvalue weighted by atomic mass is 32.1. The molecule has 2 aliphatic heterocycles. The lowest BCUT2D eigenvalue weighted by atomic mass is 9.96. The summed E-state index contributed by atoms with van der Waals surface area (Å²) in [6.45, 7) is 8.13. The second-order valence-corrected chi connectivity index (χ2v) is 14.0. The third-order valence-corrected chi connectivity index (χ3v) is 10.2. The molecular formula is C39H55N7O5S3. The molecule has 2 aromatic carbocycles. The molecule has 0 radical (unpaired) electrons. The standard InChI is InChI=1S/C39H49N7O5.3H2S/c1-24(2)25(3)37(47)46-19-8-10-33(46)36-40-21-31(42-36)28-15-11-26(12-16-28)27-13-17-29(18-14-27)35-32-23-51-20-7-6-9-30(43-39(49)50-5)38(48)45(4)22-34(41-32)44-35;;;/h11-18,21,24-25,30,33H,6-10,19-20,22-23H2,1-5H3,(H,40,42)(H,41,44)(H,43,49);3*1H2/t25-,30-,33-;;;/m0.../s1. The zero-order chi connectivity index (χ0) is 36.1. The van der Waals surface area contributed by atoms with E-state index in [2.05, 4.69) is 77.7 Å². The van der Waals surface area contributed by atoms with E-state index in [4.69, 9.17) is 19.4 Å². The van der Waals surface area contributed by atoms with E-state index in [9.17, 15) is 14.4 Å². The molecule has 2 aliphatic rings. The fraction of sp³-hybridized carbons (Fsp3) is 0.462. The van der Waals surface area contributed by atoms with E-state index < -0.39 is 12.1 Å². The Morgan fingerprint density at radius 3 is 2.20 bits per heavy atom. The molecule has 3 amide bonds. The van der Waals surface area contributed by atoms with Crippen LogP contribution in [0.3, 0.4) is 0 Å². The number of benzene rings is 2. The molecule has 2 bridgehead atoms. The van der Waals surface area contributed by atoms with Gasteiger partial charge in [-0.15, -0.1) is 0 Å². The Balaban J connectivity index is 0.00000261. The van der Waals surface area contributed by atoms with Gasteiger partial charge in [0.1, 0.15) is 17.7 Å². The number of alkyl carbamates (subject to hydrolysis) is 1. The van der Waals surface area contributed by atoms with Crippen LogP contribution in [0.25, 0.3) is 33.6 Å². The molecule has 1 saturated heterocycles. The molecule has 0 aliphatic carbocycles. The van der Waals surface area contributed by atoms with E-state index in [0.717, 1.165) is 77.4 Å². The summed E-state index contributed by atoms with van der Waals surface area (Å²) in [6.07, 6.45) is 5.10. The minimum Gasteiger partial charge on any atom is -0.453 e. The van der Waals surface area contributed by atoms with Crippen molar-refractivity contribution in [1.82, 2.24) is 35.1 Å². The van der Waals surface area contributed by atoms with Gasteiger partial charge in [-0.3, -0.25) is 9.59 Å². The number of aromatic nitrogens is 4. The zero-order valence-electron chi connectivity index (χ0n) is 31.7. The van der Waals surface area contributed by atoms with Crippen LogP contribution in [0.2, 0.25) is 0 Å². The van der Waals surface area contributed by atoms with E-state index in [1.165, 1.54) is 7.11 Å². The number of likely N-dealkylation sites (tertiary alicyclic amines) is 1. The lowest BCUT2D eigenvalue weighted by Gasteiger charge is -2.27. The number of methoxy groups -OCH3 is 1. The van der Waals surface area contributed by atoms with Gasteiger partial charge in [-0.2, -0.15) is 40.5 Å². The SMILES string of the molecule is COC(=O)N[C@H]1CCCCOCc2[nH]c(nc2-c2ccc(-c3ccc(-c4cnc([C@@H]5CCCN5C(=O)[C@@H](C)C(C)C)[nH]4)cc3)cc2)CN(C)C1=O.S.S.S. The van der Waals surface area contributed by atoms with Crippen molar-refractivity contribution in [1.29, 1.82) is 0 Å². The summed E-state index contributed by atoms with van der Waals surface area (Å²) in [5.41, 5.74) is 6.69. The van der Waals surface area contributed by atoms with Gasteiger partial charge in [0.15, 0.2) is 0 Å². The van der Waals surface area contributed by atoms with Gasteiger partial charge in [0, 0.05) is 31.7 Å². The number of rotatable bonds is 7. The minimum atomic E-state index is -0.686. The molecule has 1 fully saturated rings. The maximum Gasteiger partial charge on any atom is 0.407 e. The molecule has 4 heterocycles. The summed E-state index contributed by atoms with van der Waals surface area (Å²) in [6, 6.07) is 16.0. The second kappa shape index (κ2) is 20.1. The van der Waals surface area contributed by atoms with Crippen LogP contribution in [0.15, 0.2) is 54.7 Å². The number of carbonyl (C=O) groups excluding carboxylic acids is 3. The fourth-order valence-electron chi connectivity index (χ4n) is 6.81. The number of amides is 3. The third-order valence-electron chi connectivity index (χ3n) is 10.2. The Bertz CT molecular complexity index is 1830. The average molecular weight is 798 g/mol. The van der Waals surface area contributed by atoms with Crippen molar-refractivity contribution in [2.24, 2.45) is 11.8 Å². The van der Waals surface area contributed by atoms with Gasteiger partial charge < -0.3 is 34.6 Å². The first-order chi connectivity index (χ1) is 24.6. The maximum atomic E-state index is 13.2. The van der Waals surface area contributed by atoms with Crippen molar-refractivity contribution in [3.63, 3.8) is 0 Å². The van der Waals surface area contributed by atoms with Gasteiger partial charge in [-0.25, -0.2) is 14.8 Å². The maximum absolute atomic E-state index is 13.2. The topological polar surface area (TPSA) is 146 Å². The van der Waals surface area contributed by atoms with Crippen LogP contribution in [0.4, 0.5) is 4.79 Å². The lowest BCUT2D eigenvalue weighted by Crippen LogP contribution is -2.47. The van der Waals surface area contributed by atoms with Crippen molar-refractivity contribution in [3.05, 3.63) is 72.1 Å². The Morgan fingerprint density at radius 1 is 0.907 bits per heavy atom. The Morgan fingerprint density at radius 2 is 1.56 bits per heavy atom. The molecule has 0 spiro atoms. The number of nitrogens with zero attached hydrogens (tertiary/aromatic N) is 4. The number of ether oxygens (including phenoxy) is 2. The van der Waals surface area contributed by atoms with Gasteiger partial charge in [0.2, 0.25) is 11.8 Å². The van der Waals surface area contributed by atoms with E-state index >= 15 is 0 Å². The predicted molar refractivity (Wildman–Crippen MR) is 225 cm³/mol. The molecule has 0 saturated carbocycles. The van der Waals surface area contributed by atoms with Crippen molar-refractivity contribution in [2.75, 3.05) is 27.3 Å². The highest BCUT2D eigenvalue weighted by Crippen LogP contribution is 2.34. The van der Waals surface area contributed by atoms with Gasteiger partial charge >= 0.3 is 6.09 Å². The normalized spacial score (nSPS) is 18.2. The van der Waals surface area contributed by atoms with Crippen LogP contribution in [0.1, 0.15) is 76.3 Å². The van der Waals surface area contributed by atoms with Crippen LogP contribution in [-0.4, -0.2) is 81.0 Å². The molecule has 15 heteroatoms. The van der Waals surface area contributed by atoms with Crippen LogP contribution >= 0.6 is 40.5 Å². The van der Waals surface area contributed by atoms with Crippen LogP contribution < -0.4 is 5.32 Å². The minimum absolute atomic E-state index is 0. The first-order valence-corrected chi connectivity index (χ1v) is 17.9. The fourth-order valence-corrected chi connectivity index (χ4v) is 6.81. The number of fused-ring (bicyclic) bond motifs is 2. The van der Waals surface area contributed by atoms with Crippen LogP contribution in [0, 0.1) is 11.8 Å². The first-order valence-electron chi connectivity index (χ1n) is 17.9. The van der Waals surface area contributed by atoms with Gasteiger partial charge in [-0.05, 0) is 54.7 Å². The smallest absolute Gasteiger partial charge is 0.407 e. The summed E-state index contributed by atoms with van der Waals surface area (Å²) in [4.78, 5) is 58.3. The molecule has 294 valence electrons. The number of aromatic amines is 2. The highest BCUT2D eigenvalue weighted by molar-refractivity contribution is 7.59. The lowest BCUT2D eigenvalue weighted by molar-refractivity contribution is -0.137. The first kappa shape index (κ1) is 44.5. The summed E-state index contributed by atoms with van der Waals surface area (Å²) in [5, 5.41) is 2.67. The van der Waals surface area contributed by atoms with Gasteiger partial charge in [0.05, 0.1) is 49.6 Å². The predicted octanol–water partition coefficient (Wildman–Crippen LogP) is 6.81. The van der Waals surface area contributed by atoms with E-state index in [1.807, 2.05) is 18.0 Å². The van der Waals surface area contributed by atoms with Crippen LogP contribution in [0.5, 0.6) is 0 Å². The molecule has 2 aromatic heterocycles. The van der Waals surface area contributed by atoms with E-state index in [1.54, 1.807) is 11.9 Å².